The van der Waals surface area contributed by atoms with Gasteiger partial charge in [0.05, 0.1) is 0 Å². The molecule has 18 heavy (non-hydrogen) atoms. The Bertz CT molecular complexity index is 416. The molecule has 0 amide bonds. The average Bonchev–Trinajstić information content (AvgIpc) is 2.57. The van der Waals surface area contributed by atoms with Crippen molar-refractivity contribution in [3.05, 3.63) is 34.4 Å². The number of likely N-dealkylation sites (N-methyl/N-ethyl adjacent to an activating group) is 1. The van der Waals surface area contributed by atoms with Crippen LogP contribution >= 0.6 is 0 Å². The van der Waals surface area contributed by atoms with E-state index in [9.17, 15) is 0 Å². The van der Waals surface area contributed by atoms with Crippen molar-refractivity contribution in [2.24, 2.45) is 5.73 Å². The molecule has 0 radical (unpaired) electrons. The van der Waals surface area contributed by atoms with Gasteiger partial charge in [0.25, 0.3) is 0 Å². The van der Waals surface area contributed by atoms with Gasteiger partial charge in [0.2, 0.25) is 0 Å². The highest BCUT2D eigenvalue weighted by Gasteiger charge is 2.32. The van der Waals surface area contributed by atoms with Crippen LogP contribution in [0, 0.1) is 20.8 Å². The first-order chi connectivity index (χ1) is 8.39. The van der Waals surface area contributed by atoms with E-state index in [1.54, 1.807) is 0 Å². The van der Waals surface area contributed by atoms with E-state index in [1.165, 1.54) is 22.3 Å². The predicted octanol–water partition coefficient (Wildman–Crippen LogP) is 2.58. The molecule has 2 nitrogen and oxygen atoms in total. The zero-order valence-corrected chi connectivity index (χ0v) is 12.2. The van der Waals surface area contributed by atoms with Crippen molar-refractivity contribution in [3.8, 4) is 0 Å². The lowest BCUT2D eigenvalue weighted by Gasteiger charge is -2.24. The van der Waals surface area contributed by atoms with Gasteiger partial charge in [0.1, 0.15) is 0 Å². The SMILES string of the molecule is Cc1cc(C)c(CCC2(N)CCN(C)C2)c(C)c1. The number of nitrogens with zero attached hydrogens (tertiary/aromatic N) is 1. The zero-order valence-electron chi connectivity index (χ0n) is 12.2. The molecule has 1 heterocycles. The van der Waals surface area contributed by atoms with Gasteiger partial charge in [-0.3, -0.25) is 0 Å². The Kier molecular flexibility index (Phi) is 3.79. The summed E-state index contributed by atoms with van der Waals surface area (Å²) < 4.78 is 0. The molecule has 1 aromatic rings. The van der Waals surface area contributed by atoms with Gasteiger partial charge in [0, 0.05) is 12.1 Å². The molecule has 1 saturated heterocycles. The summed E-state index contributed by atoms with van der Waals surface area (Å²) in [5, 5.41) is 0. The van der Waals surface area contributed by atoms with Crippen molar-refractivity contribution in [2.45, 2.75) is 45.6 Å². The molecule has 0 aromatic heterocycles. The fraction of sp³-hybridized carbons (Fsp3) is 0.625. The van der Waals surface area contributed by atoms with Crippen LogP contribution < -0.4 is 5.73 Å². The monoisotopic (exact) mass is 246 g/mol. The molecule has 0 bridgehead atoms. The van der Waals surface area contributed by atoms with Gasteiger partial charge in [-0.25, -0.2) is 0 Å². The van der Waals surface area contributed by atoms with Gasteiger partial charge >= 0.3 is 0 Å². The minimum atomic E-state index is 0.0263. The lowest BCUT2D eigenvalue weighted by atomic mass is 9.88. The molecule has 1 atom stereocenters. The fourth-order valence-electron chi connectivity index (χ4n) is 3.29. The number of hydrogen-bond donors (Lipinski definition) is 1. The minimum Gasteiger partial charge on any atom is -0.324 e. The summed E-state index contributed by atoms with van der Waals surface area (Å²) in [6.45, 7) is 8.79. The molecule has 100 valence electrons. The number of hydrogen-bond acceptors (Lipinski definition) is 2. The number of nitrogens with two attached hydrogens (primary N) is 1. The van der Waals surface area contributed by atoms with Crippen LogP contribution in [0.2, 0.25) is 0 Å². The van der Waals surface area contributed by atoms with Crippen LogP contribution in [0.4, 0.5) is 0 Å². The summed E-state index contributed by atoms with van der Waals surface area (Å²) >= 11 is 0. The van der Waals surface area contributed by atoms with Crippen molar-refractivity contribution in [1.82, 2.24) is 4.90 Å². The lowest BCUT2D eigenvalue weighted by Crippen LogP contribution is -2.42. The van der Waals surface area contributed by atoms with Crippen LogP contribution in [-0.2, 0) is 6.42 Å². The van der Waals surface area contributed by atoms with E-state index in [-0.39, 0.29) is 5.54 Å². The highest BCUT2D eigenvalue weighted by Crippen LogP contribution is 2.25. The van der Waals surface area contributed by atoms with E-state index in [1.807, 2.05) is 0 Å². The number of rotatable bonds is 3. The average molecular weight is 246 g/mol. The third-order valence-electron chi connectivity index (χ3n) is 4.29. The largest absolute Gasteiger partial charge is 0.324 e. The van der Waals surface area contributed by atoms with E-state index < -0.39 is 0 Å². The number of aryl methyl sites for hydroxylation is 3. The molecule has 2 N–H and O–H groups in total. The Morgan fingerprint density at radius 2 is 1.83 bits per heavy atom. The Morgan fingerprint density at radius 3 is 2.33 bits per heavy atom. The Morgan fingerprint density at radius 1 is 1.22 bits per heavy atom. The fourth-order valence-corrected chi connectivity index (χ4v) is 3.29. The van der Waals surface area contributed by atoms with Gasteiger partial charge in [0.15, 0.2) is 0 Å². The molecule has 0 spiro atoms. The first-order valence-corrected chi connectivity index (χ1v) is 6.94. The van der Waals surface area contributed by atoms with E-state index in [4.69, 9.17) is 5.73 Å². The summed E-state index contributed by atoms with van der Waals surface area (Å²) in [5.41, 5.74) is 12.2. The second-order valence-electron chi connectivity index (χ2n) is 6.23. The third-order valence-corrected chi connectivity index (χ3v) is 4.29. The van der Waals surface area contributed by atoms with Crippen molar-refractivity contribution >= 4 is 0 Å². The number of likely N-dealkylation sites (tertiary alicyclic amines) is 1. The highest BCUT2D eigenvalue weighted by atomic mass is 15.2. The van der Waals surface area contributed by atoms with E-state index in [2.05, 4.69) is 44.9 Å². The molecular formula is C16H26N2. The molecule has 1 fully saturated rings. The van der Waals surface area contributed by atoms with E-state index in [0.717, 1.165) is 32.4 Å². The maximum Gasteiger partial charge on any atom is 0.0298 e. The maximum atomic E-state index is 6.49. The summed E-state index contributed by atoms with van der Waals surface area (Å²) in [6, 6.07) is 4.57. The van der Waals surface area contributed by atoms with Crippen LogP contribution in [0.1, 0.15) is 35.1 Å². The van der Waals surface area contributed by atoms with E-state index in [0.29, 0.717) is 0 Å². The topological polar surface area (TPSA) is 29.3 Å². The van der Waals surface area contributed by atoms with Crippen molar-refractivity contribution in [1.29, 1.82) is 0 Å². The van der Waals surface area contributed by atoms with Crippen molar-refractivity contribution in [2.75, 3.05) is 20.1 Å². The van der Waals surface area contributed by atoms with Crippen LogP contribution in [0.15, 0.2) is 12.1 Å². The Hall–Kier alpha value is -0.860. The Labute approximate surface area is 111 Å². The summed E-state index contributed by atoms with van der Waals surface area (Å²) in [6.07, 6.45) is 3.35. The molecule has 0 aliphatic carbocycles. The normalized spacial score (nSPS) is 24.7. The van der Waals surface area contributed by atoms with Gasteiger partial charge in [-0.1, -0.05) is 17.7 Å². The second-order valence-corrected chi connectivity index (χ2v) is 6.23. The molecule has 2 heteroatoms. The molecule has 1 aromatic carbocycles. The number of benzene rings is 1. The summed E-state index contributed by atoms with van der Waals surface area (Å²) in [5.74, 6) is 0. The van der Waals surface area contributed by atoms with Crippen molar-refractivity contribution < 1.29 is 0 Å². The summed E-state index contributed by atoms with van der Waals surface area (Å²) in [4.78, 5) is 2.34. The molecule has 1 unspecified atom stereocenters. The quantitative estimate of drug-likeness (QED) is 0.888. The second kappa shape index (κ2) is 5.02. The van der Waals surface area contributed by atoms with Gasteiger partial charge < -0.3 is 10.6 Å². The summed E-state index contributed by atoms with van der Waals surface area (Å²) in [7, 11) is 2.16. The lowest BCUT2D eigenvalue weighted by molar-refractivity contribution is 0.354. The molecular weight excluding hydrogens is 220 g/mol. The highest BCUT2D eigenvalue weighted by molar-refractivity contribution is 5.37. The zero-order chi connectivity index (χ0) is 13.3. The predicted molar refractivity (Wildman–Crippen MR) is 78.0 cm³/mol. The molecule has 1 aliphatic heterocycles. The molecule has 0 saturated carbocycles. The van der Waals surface area contributed by atoms with Gasteiger partial charge in [-0.05, 0) is 70.3 Å². The minimum absolute atomic E-state index is 0.0263. The smallest absolute Gasteiger partial charge is 0.0298 e. The van der Waals surface area contributed by atoms with Gasteiger partial charge in [-0.15, -0.1) is 0 Å². The molecule has 1 aliphatic rings. The maximum absolute atomic E-state index is 6.49. The van der Waals surface area contributed by atoms with Crippen LogP contribution in [0.25, 0.3) is 0 Å². The van der Waals surface area contributed by atoms with Crippen LogP contribution in [0.5, 0.6) is 0 Å². The first-order valence-electron chi connectivity index (χ1n) is 6.94. The Balaban J connectivity index is 2.07. The standard InChI is InChI=1S/C16H26N2/c1-12-9-13(2)15(14(3)10-12)5-6-16(17)7-8-18(4)11-16/h9-10H,5-8,11,17H2,1-4H3. The van der Waals surface area contributed by atoms with Crippen molar-refractivity contribution in [3.63, 3.8) is 0 Å². The first kappa shape index (κ1) is 13.6. The van der Waals surface area contributed by atoms with Crippen LogP contribution in [0.3, 0.4) is 0 Å². The molecule has 2 rings (SSSR count). The van der Waals surface area contributed by atoms with E-state index >= 15 is 0 Å². The van der Waals surface area contributed by atoms with Crippen LogP contribution in [-0.4, -0.2) is 30.6 Å². The third kappa shape index (κ3) is 2.93. The van der Waals surface area contributed by atoms with Gasteiger partial charge in [-0.2, -0.15) is 0 Å².